The second kappa shape index (κ2) is 2.72. The van der Waals surface area contributed by atoms with Crippen molar-refractivity contribution < 1.29 is 0 Å². The topological polar surface area (TPSA) is 30.3 Å². The van der Waals surface area contributed by atoms with Crippen LogP contribution in [0.25, 0.3) is 0 Å². The minimum atomic E-state index is 0.454. The SMILES string of the molecule is CC1CN(C(C)C)C(=N)N1C. The lowest BCUT2D eigenvalue weighted by atomic mass is 10.3. The third kappa shape index (κ3) is 1.32. The maximum absolute atomic E-state index is 7.72. The molecule has 0 aromatic carbocycles. The molecule has 0 amide bonds. The molecular formula is C8H17N3. The van der Waals surface area contributed by atoms with Crippen LogP contribution in [0.4, 0.5) is 0 Å². The van der Waals surface area contributed by atoms with Crippen molar-refractivity contribution in [3.05, 3.63) is 0 Å². The monoisotopic (exact) mass is 155 g/mol. The van der Waals surface area contributed by atoms with Crippen molar-refractivity contribution in [1.82, 2.24) is 9.80 Å². The molecule has 3 heteroatoms. The maximum Gasteiger partial charge on any atom is 0.194 e. The van der Waals surface area contributed by atoms with Gasteiger partial charge in [0.25, 0.3) is 0 Å². The predicted octanol–water partition coefficient (Wildman–Crippen LogP) is 0.965. The normalized spacial score (nSPS) is 25.5. The average Bonchev–Trinajstić information content (AvgIpc) is 2.17. The Labute approximate surface area is 68.5 Å². The smallest absolute Gasteiger partial charge is 0.194 e. The minimum absolute atomic E-state index is 0.454. The number of nitrogens with zero attached hydrogens (tertiary/aromatic N) is 2. The highest BCUT2D eigenvalue weighted by Crippen LogP contribution is 2.14. The van der Waals surface area contributed by atoms with Crippen LogP contribution in [0.2, 0.25) is 0 Å². The van der Waals surface area contributed by atoms with Gasteiger partial charge in [-0.1, -0.05) is 0 Å². The average molecular weight is 155 g/mol. The molecule has 1 aliphatic rings. The summed E-state index contributed by atoms with van der Waals surface area (Å²) in [7, 11) is 1.98. The first-order valence-electron chi connectivity index (χ1n) is 4.12. The molecule has 1 aliphatic heterocycles. The Morgan fingerprint density at radius 3 is 2.27 bits per heavy atom. The van der Waals surface area contributed by atoms with Gasteiger partial charge in [0.2, 0.25) is 0 Å². The van der Waals surface area contributed by atoms with E-state index >= 15 is 0 Å². The van der Waals surface area contributed by atoms with Crippen molar-refractivity contribution in [2.24, 2.45) is 0 Å². The molecule has 1 atom stereocenters. The van der Waals surface area contributed by atoms with Crippen LogP contribution in [0.3, 0.4) is 0 Å². The summed E-state index contributed by atoms with van der Waals surface area (Å²) in [4.78, 5) is 4.13. The molecule has 64 valence electrons. The number of guanidine groups is 1. The van der Waals surface area contributed by atoms with Crippen molar-refractivity contribution in [1.29, 1.82) is 5.41 Å². The summed E-state index contributed by atoms with van der Waals surface area (Å²) in [5, 5.41) is 7.72. The van der Waals surface area contributed by atoms with Crippen LogP contribution in [0.1, 0.15) is 20.8 Å². The summed E-state index contributed by atoms with van der Waals surface area (Å²) in [6.07, 6.45) is 0. The maximum atomic E-state index is 7.72. The van der Waals surface area contributed by atoms with Gasteiger partial charge in [0.05, 0.1) is 0 Å². The van der Waals surface area contributed by atoms with E-state index in [1.807, 2.05) is 11.9 Å². The van der Waals surface area contributed by atoms with Gasteiger partial charge in [-0.3, -0.25) is 5.41 Å². The second-order valence-corrected chi connectivity index (χ2v) is 3.53. The lowest BCUT2D eigenvalue weighted by Gasteiger charge is -2.22. The Morgan fingerprint density at radius 2 is 2.09 bits per heavy atom. The van der Waals surface area contributed by atoms with Gasteiger partial charge in [0.1, 0.15) is 0 Å². The zero-order chi connectivity index (χ0) is 8.59. The largest absolute Gasteiger partial charge is 0.342 e. The predicted molar refractivity (Wildman–Crippen MR) is 46.8 cm³/mol. The summed E-state index contributed by atoms with van der Waals surface area (Å²) in [6.45, 7) is 7.39. The van der Waals surface area contributed by atoms with Crippen molar-refractivity contribution in [2.45, 2.75) is 32.9 Å². The zero-order valence-electron chi connectivity index (χ0n) is 7.76. The van der Waals surface area contributed by atoms with E-state index in [2.05, 4.69) is 25.7 Å². The summed E-state index contributed by atoms with van der Waals surface area (Å²) in [5.41, 5.74) is 0. The molecule has 0 bridgehead atoms. The Kier molecular flexibility index (Phi) is 2.07. The first-order valence-corrected chi connectivity index (χ1v) is 4.12. The van der Waals surface area contributed by atoms with Gasteiger partial charge < -0.3 is 9.80 Å². The molecule has 0 radical (unpaired) electrons. The fourth-order valence-corrected chi connectivity index (χ4v) is 1.36. The molecule has 1 heterocycles. The van der Waals surface area contributed by atoms with Crippen LogP contribution in [-0.2, 0) is 0 Å². The number of rotatable bonds is 1. The number of nitrogens with one attached hydrogen (secondary N) is 1. The molecule has 3 nitrogen and oxygen atoms in total. The van der Waals surface area contributed by atoms with Gasteiger partial charge in [-0.15, -0.1) is 0 Å². The molecule has 0 aliphatic carbocycles. The van der Waals surface area contributed by atoms with Crippen molar-refractivity contribution >= 4 is 5.96 Å². The molecule has 0 aromatic heterocycles. The first-order chi connectivity index (χ1) is 5.04. The van der Waals surface area contributed by atoms with Crippen LogP contribution in [0.15, 0.2) is 0 Å². The van der Waals surface area contributed by atoms with Crippen LogP contribution < -0.4 is 0 Å². The summed E-state index contributed by atoms with van der Waals surface area (Å²) in [6, 6.07) is 0.944. The minimum Gasteiger partial charge on any atom is -0.342 e. The Hall–Kier alpha value is -0.730. The molecular weight excluding hydrogens is 138 g/mol. The molecule has 0 saturated carbocycles. The van der Waals surface area contributed by atoms with E-state index in [0.29, 0.717) is 18.0 Å². The van der Waals surface area contributed by atoms with Crippen LogP contribution in [-0.4, -0.2) is 41.4 Å². The Balaban J connectivity index is 2.67. The van der Waals surface area contributed by atoms with Crippen LogP contribution in [0, 0.1) is 5.41 Å². The Bertz CT molecular complexity index is 165. The molecule has 11 heavy (non-hydrogen) atoms. The van der Waals surface area contributed by atoms with E-state index in [1.165, 1.54) is 0 Å². The van der Waals surface area contributed by atoms with E-state index in [9.17, 15) is 0 Å². The fraction of sp³-hybridized carbons (Fsp3) is 0.875. The van der Waals surface area contributed by atoms with Gasteiger partial charge in [0, 0.05) is 25.7 Å². The highest BCUT2D eigenvalue weighted by Gasteiger charge is 2.29. The van der Waals surface area contributed by atoms with E-state index in [-0.39, 0.29) is 0 Å². The van der Waals surface area contributed by atoms with Crippen molar-refractivity contribution in [3.8, 4) is 0 Å². The molecule has 0 spiro atoms. The molecule has 0 aromatic rings. The molecule has 1 N–H and O–H groups in total. The first kappa shape index (κ1) is 8.37. The van der Waals surface area contributed by atoms with Gasteiger partial charge in [-0.05, 0) is 20.8 Å². The number of hydrogen-bond donors (Lipinski definition) is 1. The van der Waals surface area contributed by atoms with E-state index in [0.717, 1.165) is 6.54 Å². The highest BCUT2D eigenvalue weighted by atomic mass is 15.4. The molecule has 1 saturated heterocycles. The number of likely N-dealkylation sites (N-methyl/N-ethyl adjacent to an activating group) is 1. The van der Waals surface area contributed by atoms with Crippen molar-refractivity contribution in [3.63, 3.8) is 0 Å². The lowest BCUT2D eigenvalue weighted by Crippen LogP contribution is -2.35. The molecule has 1 unspecified atom stereocenters. The second-order valence-electron chi connectivity index (χ2n) is 3.53. The zero-order valence-corrected chi connectivity index (χ0v) is 7.76. The highest BCUT2D eigenvalue weighted by molar-refractivity contribution is 5.79. The van der Waals surface area contributed by atoms with E-state index < -0.39 is 0 Å². The summed E-state index contributed by atoms with van der Waals surface area (Å²) < 4.78 is 0. The van der Waals surface area contributed by atoms with Gasteiger partial charge >= 0.3 is 0 Å². The quantitative estimate of drug-likeness (QED) is 0.611. The van der Waals surface area contributed by atoms with Gasteiger partial charge in [0.15, 0.2) is 5.96 Å². The Morgan fingerprint density at radius 1 is 1.55 bits per heavy atom. The molecule has 1 fully saturated rings. The summed E-state index contributed by atoms with van der Waals surface area (Å²) in [5.74, 6) is 0.660. The van der Waals surface area contributed by atoms with E-state index in [4.69, 9.17) is 5.41 Å². The lowest BCUT2D eigenvalue weighted by molar-refractivity contribution is 0.361. The van der Waals surface area contributed by atoms with Crippen molar-refractivity contribution in [2.75, 3.05) is 13.6 Å². The van der Waals surface area contributed by atoms with Gasteiger partial charge in [-0.2, -0.15) is 0 Å². The third-order valence-electron chi connectivity index (χ3n) is 2.35. The summed E-state index contributed by atoms with van der Waals surface area (Å²) >= 11 is 0. The van der Waals surface area contributed by atoms with Gasteiger partial charge in [-0.25, -0.2) is 0 Å². The third-order valence-corrected chi connectivity index (χ3v) is 2.35. The van der Waals surface area contributed by atoms with E-state index in [1.54, 1.807) is 0 Å². The number of hydrogen-bond acceptors (Lipinski definition) is 1. The van der Waals surface area contributed by atoms with Crippen LogP contribution >= 0.6 is 0 Å². The molecule has 1 rings (SSSR count). The standard InChI is InChI=1S/C8H17N3/c1-6(2)11-5-7(3)10(4)8(11)9/h6-7,9H,5H2,1-4H3. The van der Waals surface area contributed by atoms with Crippen LogP contribution in [0.5, 0.6) is 0 Å². The fourth-order valence-electron chi connectivity index (χ4n) is 1.36.